The van der Waals surface area contributed by atoms with E-state index in [2.05, 4.69) is 22.2 Å². The molecule has 4 nitrogen and oxygen atoms in total. The Morgan fingerprint density at radius 2 is 2.15 bits per heavy atom. The minimum Gasteiger partial charge on any atom is -0.381 e. The van der Waals surface area contributed by atoms with Crippen LogP contribution >= 0.6 is 0 Å². The third-order valence-corrected chi connectivity index (χ3v) is 5.44. The van der Waals surface area contributed by atoms with E-state index in [4.69, 9.17) is 4.74 Å². The maximum absolute atomic E-state index is 5.81. The molecular formula is C16H31N3O. The highest BCUT2D eigenvalue weighted by molar-refractivity contribution is 4.91. The van der Waals surface area contributed by atoms with Crippen molar-refractivity contribution in [3.05, 3.63) is 0 Å². The Morgan fingerprint density at radius 3 is 2.95 bits per heavy atom. The number of fused-ring (bicyclic) bond motifs is 1. The summed E-state index contributed by atoms with van der Waals surface area (Å²) in [5, 5.41) is 3.41. The van der Waals surface area contributed by atoms with E-state index in [0.717, 1.165) is 25.8 Å². The number of rotatable bonds is 4. The summed E-state index contributed by atoms with van der Waals surface area (Å²) in [6.07, 6.45) is 6.80. The van der Waals surface area contributed by atoms with Gasteiger partial charge in [0.2, 0.25) is 0 Å². The Balaban J connectivity index is 1.58. The molecule has 4 heteroatoms. The molecule has 0 radical (unpaired) electrons. The predicted octanol–water partition coefficient (Wildman–Crippen LogP) is 1.17. The van der Waals surface area contributed by atoms with Gasteiger partial charge in [0.05, 0.1) is 6.61 Å². The molecule has 1 N–H and O–H groups in total. The normalized spacial score (nSPS) is 36.8. The van der Waals surface area contributed by atoms with Gasteiger partial charge in [-0.15, -0.1) is 0 Å². The van der Waals surface area contributed by atoms with E-state index in [0.29, 0.717) is 5.41 Å². The average molecular weight is 281 g/mol. The van der Waals surface area contributed by atoms with Gasteiger partial charge in [-0.1, -0.05) is 6.42 Å². The molecule has 0 amide bonds. The van der Waals surface area contributed by atoms with E-state index in [1.165, 1.54) is 64.8 Å². The van der Waals surface area contributed by atoms with Crippen molar-refractivity contribution in [3.8, 4) is 0 Å². The highest BCUT2D eigenvalue weighted by Gasteiger charge is 2.37. The molecule has 3 aliphatic heterocycles. The molecule has 0 aromatic carbocycles. The molecule has 2 atom stereocenters. The molecule has 3 saturated heterocycles. The van der Waals surface area contributed by atoms with E-state index >= 15 is 0 Å². The van der Waals surface area contributed by atoms with Crippen LogP contribution < -0.4 is 5.32 Å². The van der Waals surface area contributed by atoms with Crippen LogP contribution in [0.2, 0.25) is 0 Å². The average Bonchev–Trinajstić information content (AvgIpc) is 2.48. The van der Waals surface area contributed by atoms with Gasteiger partial charge in [-0.3, -0.25) is 9.80 Å². The fourth-order valence-corrected chi connectivity index (χ4v) is 4.44. The molecule has 3 heterocycles. The first-order valence-corrected chi connectivity index (χ1v) is 8.50. The van der Waals surface area contributed by atoms with Gasteiger partial charge in [-0.05, 0) is 39.3 Å². The third-order valence-electron chi connectivity index (χ3n) is 5.44. The van der Waals surface area contributed by atoms with E-state index in [1.54, 1.807) is 0 Å². The molecule has 116 valence electrons. The standard InChI is InChI=1S/C16H31N3O/c1-17-12-16(6-4-10-20-14-16)13-18-8-9-19-7-3-2-5-15(19)11-18/h15,17H,2-14H2,1H3. The summed E-state index contributed by atoms with van der Waals surface area (Å²) >= 11 is 0. The van der Waals surface area contributed by atoms with Gasteiger partial charge in [0.15, 0.2) is 0 Å². The minimum atomic E-state index is 0.351. The molecule has 0 saturated carbocycles. The fourth-order valence-electron chi connectivity index (χ4n) is 4.44. The van der Waals surface area contributed by atoms with Gasteiger partial charge in [-0.25, -0.2) is 0 Å². The van der Waals surface area contributed by atoms with Crippen molar-refractivity contribution in [3.63, 3.8) is 0 Å². The Hall–Kier alpha value is -0.160. The number of piperidine rings is 1. The molecule has 3 fully saturated rings. The van der Waals surface area contributed by atoms with Gasteiger partial charge >= 0.3 is 0 Å². The number of ether oxygens (including phenoxy) is 1. The van der Waals surface area contributed by atoms with Gasteiger partial charge in [0.25, 0.3) is 0 Å². The van der Waals surface area contributed by atoms with Crippen LogP contribution in [0.3, 0.4) is 0 Å². The molecule has 2 unspecified atom stereocenters. The molecule has 3 aliphatic rings. The zero-order valence-corrected chi connectivity index (χ0v) is 13.1. The number of nitrogens with one attached hydrogen (secondary N) is 1. The number of hydrogen-bond donors (Lipinski definition) is 1. The van der Waals surface area contributed by atoms with Crippen molar-refractivity contribution >= 4 is 0 Å². The van der Waals surface area contributed by atoms with Crippen molar-refractivity contribution in [2.45, 2.75) is 38.1 Å². The van der Waals surface area contributed by atoms with E-state index in [1.807, 2.05) is 0 Å². The number of nitrogens with zero attached hydrogens (tertiary/aromatic N) is 2. The lowest BCUT2D eigenvalue weighted by atomic mass is 9.81. The summed E-state index contributed by atoms with van der Waals surface area (Å²) in [7, 11) is 2.08. The first-order chi connectivity index (χ1) is 9.81. The van der Waals surface area contributed by atoms with Gasteiger partial charge in [-0.2, -0.15) is 0 Å². The highest BCUT2D eigenvalue weighted by atomic mass is 16.5. The van der Waals surface area contributed by atoms with Crippen molar-refractivity contribution < 1.29 is 4.74 Å². The lowest BCUT2D eigenvalue weighted by Gasteiger charge is -2.48. The lowest BCUT2D eigenvalue weighted by molar-refractivity contribution is -0.0418. The topological polar surface area (TPSA) is 27.7 Å². The summed E-state index contributed by atoms with van der Waals surface area (Å²) in [6.45, 7) is 9.37. The second-order valence-corrected chi connectivity index (χ2v) is 7.11. The van der Waals surface area contributed by atoms with Crippen LogP contribution in [0.25, 0.3) is 0 Å². The van der Waals surface area contributed by atoms with Crippen LogP contribution in [0.5, 0.6) is 0 Å². The Kier molecular flexibility index (Phi) is 4.97. The largest absolute Gasteiger partial charge is 0.381 e. The third kappa shape index (κ3) is 3.35. The molecule has 0 spiro atoms. The number of piperazine rings is 1. The Morgan fingerprint density at radius 1 is 1.20 bits per heavy atom. The maximum atomic E-state index is 5.81. The molecule has 20 heavy (non-hydrogen) atoms. The van der Waals surface area contributed by atoms with Crippen LogP contribution in [-0.4, -0.2) is 75.4 Å². The van der Waals surface area contributed by atoms with Crippen LogP contribution in [0.1, 0.15) is 32.1 Å². The van der Waals surface area contributed by atoms with E-state index < -0.39 is 0 Å². The van der Waals surface area contributed by atoms with Crippen molar-refractivity contribution in [1.29, 1.82) is 0 Å². The first-order valence-electron chi connectivity index (χ1n) is 8.50. The molecule has 3 rings (SSSR count). The molecule has 0 aromatic rings. The monoisotopic (exact) mass is 281 g/mol. The smallest absolute Gasteiger partial charge is 0.0546 e. The van der Waals surface area contributed by atoms with Gasteiger partial charge in [0, 0.05) is 50.8 Å². The summed E-state index contributed by atoms with van der Waals surface area (Å²) in [5.74, 6) is 0. The van der Waals surface area contributed by atoms with Crippen molar-refractivity contribution in [2.75, 3.05) is 59.5 Å². The zero-order valence-electron chi connectivity index (χ0n) is 13.1. The summed E-state index contributed by atoms with van der Waals surface area (Å²) in [6, 6.07) is 0.827. The summed E-state index contributed by atoms with van der Waals surface area (Å²) < 4.78 is 5.81. The Labute approximate surface area is 123 Å². The van der Waals surface area contributed by atoms with Gasteiger partial charge < -0.3 is 10.1 Å². The lowest BCUT2D eigenvalue weighted by Crippen LogP contribution is -2.58. The van der Waals surface area contributed by atoms with Crippen molar-refractivity contribution in [1.82, 2.24) is 15.1 Å². The quantitative estimate of drug-likeness (QED) is 0.837. The zero-order chi connectivity index (χ0) is 13.8. The molecule has 0 aliphatic carbocycles. The van der Waals surface area contributed by atoms with E-state index in [9.17, 15) is 0 Å². The second kappa shape index (κ2) is 6.73. The first kappa shape index (κ1) is 14.8. The summed E-state index contributed by atoms with van der Waals surface area (Å²) in [4.78, 5) is 5.45. The molecular weight excluding hydrogens is 250 g/mol. The van der Waals surface area contributed by atoms with E-state index in [-0.39, 0.29) is 0 Å². The van der Waals surface area contributed by atoms with Crippen LogP contribution in [0.15, 0.2) is 0 Å². The fraction of sp³-hybridized carbons (Fsp3) is 1.00. The van der Waals surface area contributed by atoms with Crippen molar-refractivity contribution in [2.24, 2.45) is 5.41 Å². The predicted molar refractivity (Wildman–Crippen MR) is 82.1 cm³/mol. The second-order valence-electron chi connectivity index (χ2n) is 7.11. The van der Waals surface area contributed by atoms with Gasteiger partial charge in [0.1, 0.15) is 0 Å². The van der Waals surface area contributed by atoms with Crippen LogP contribution in [0.4, 0.5) is 0 Å². The van der Waals surface area contributed by atoms with Crippen LogP contribution in [0, 0.1) is 5.41 Å². The number of hydrogen-bond acceptors (Lipinski definition) is 4. The minimum absolute atomic E-state index is 0.351. The molecule has 0 aromatic heterocycles. The Bertz CT molecular complexity index is 299. The highest BCUT2D eigenvalue weighted by Crippen LogP contribution is 2.31. The maximum Gasteiger partial charge on any atom is 0.0546 e. The molecule has 0 bridgehead atoms. The van der Waals surface area contributed by atoms with Crippen LogP contribution in [-0.2, 0) is 4.74 Å². The SMILES string of the molecule is CNCC1(CN2CCN3CCCCC3C2)CCCOC1. The summed E-state index contributed by atoms with van der Waals surface area (Å²) in [5.41, 5.74) is 0.351.